The Labute approximate surface area is 122 Å². The van der Waals surface area contributed by atoms with Crippen molar-refractivity contribution in [2.24, 2.45) is 0 Å². The Morgan fingerprint density at radius 3 is 3.00 bits per heavy atom. The number of nitrogens with one attached hydrogen (secondary N) is 1. The molecule has 1 N–H and O–H groups in total. The van der Waals surface area contributed by atoms with Crippen LogP contribution in [0, 0.1) is 6.92 Å². The molecule has 1 aromatic heterocycles. The molecular formula is C16H17N3O2. The fourth-order valence-corrected chi connectivity index (χ4v) is 2.66. The molecule has 1 aliphatic rings. The maximum absolute atomic E-state index is 12.4. The van der Waals surface area contributed by atoms with Crippen molar-refractivity contribution in [2.45, 2.75) is 26.3 Å². The van der Waals surface area contributed by atoms with Gasteiger partial charge in [-0.3, -0.25) is 9.59 Å². The summed E-state index contributed by atoms with van der Waals surface area (Å²) in [7, 11) is 0. The number of rotatable bonds is 2. The van der Waals surface area contributed by atoms with Gasteiger partial charge in [0.2, 0.25) is 5.91 Å². The van der Waals surface area contributed by atoms with Crippen molar-refractivity contribution >= 4 is 5.91 Å². The molecule has 0 radical (unpaired) electrons. The maximum Gasteiger partial charge on any atom is 0.254 e. The smallest absolute Gasteiger partial charge is 0.254 e. The second-order valence-corrected chi connectivity index (χ2v) is 5.33. The van der Waals surface area contributed by atoms with E-state index in [4.69, 9.17) is 0 Å². The number of H-pyrrole nitrogens is 1. The highest BCUT2D eigenvalue weighted by Crippen LogP contribution is 2.15. The molecule has 0 bridgehead atoms. The lowest BCUT2D eigenvalue weighted by atomic mass is 10.0. The second-order valence-electron chi connectivity index (χ2n) is 5.33. The number of aryl methyl sites for hydroxylation is 1. The minimum Gasteiger partial charge on any atom is -0.336 e. The van der Waals surface area contributed by atoms with Crippen LogP contribution in [-0.4, -0.2) is 27.3 Å². The van der Waals surface area contributed by atoms with E-state index in [0.29, 0.717) is 37.2 Å². The van der Waals surface area contributed by atoms with Crippen LogP contribution < -0.4 is 5.56 Å². The van der Waals surface area contributed by atoms with Gasteiger partial charge >= 0.3 is 0 Å². The molecule has 5 heteroatoms. The molecule has 0 fully saturated rings. The van der Waals surface area contributed by atoms with E-state index in [1.54, 1.807) is 4.90 Å². The zero-order valence-corrected chi connectivity index (χ0v) is 11.9. The highest BCUT2D eigenvalue weighted by molar-refractivity contribution is 5.79. The summed E-state index contributed by atoms with van der Waals surface area (Å²) in [6.07, 6.45) is 2.36. The number of hydrogen-bond donors (Lipinski definition) is 1. The van der Waals surface area contributed by atoms with E-state index in [0.717, 1.165) is 11.1 Å². The fourth-order valence-electron chi connectivity index (χ4n) is 2.66. The van der Waals surface area contributed by atoms with E-state index in [1.807, 2.05) is 31.2 Å². The Kier molecular flexibility index (Phi) is 3.56. The molecule has 3 rings (SSSR count). The third kappa shape index (κ3) is 2.72. The van der Waals surface area contributed by atoms with Crippen molar-refractivity contribution in [1.82, 2.24) is 14.9 Å². The molecule has 21 heavy (non-hydrogen) atoms. The molecule has 2 aromatic rings. The van der Waals surface area contributed by atoms with Gasteiger partial charge in [0.15, 0.2) is 0 Å². The lowest BCUT2D eigenvalue weighted by Crippen LogP contribution is -2.39. The Bertz CT molecular complexity index is 736. The fraction of sp³-hybridized carbons (Fsp3) is 0.312. The van der Waals surface area contributed by atoms with Crippen LogP contribution >= 0.6 is 0 Å². The first-order valence-electron chi connectivity index (χ1n) is 7.03. The third-order valence-electron chi connectivity index (χ3n) is 3.97. The Morgan fingerprint density at radius 1 is 1.38 bits per heavy atom. The third-order valence-corrected chi connectivity index (χ3v) is 3.97. The van der Waals surface area contributed by atoms with Gasteiger partial charge in [0.05, 0.1) is 25.0 Å². The van der Waals surface area contributed by atoms with E-state index >= 15 is 0 Å². The van der Waals surface area contributed by atoms with Gasteiger partial charge in [0.1, 0.15) is 0 Å². The summed E-state index contributed by atoms with van der Waals surface area (Å²) in [5.41, 5.74) is 3.50. The van der Waals surface area contributed by atoms with E-state index < -0.39 is 0 Å². The van der Waals surface area contributed by atoms with Gasteiger partial charge in [0.25, 0.3) is 5.56 Å². The first-order chi connectivity index (χ1) is 10.1. The number of fused-ring (bicyclic) bond motifs is 1. The number of nitrogens with zero attached hydrogens (tertiary/aromatic N) is 2. The summed E-state index contributed by atoms with van der Waals surface area (Å²) >= 11 is 0. The summed E-state index contributed by atoms with van der Waals surface area (Å²) in [5.74, 6) is 0.0806. The predicted molar refractivity (Wildman–Crippen MR) is 78.9 cm³/mol. The van der Waals surface area contributed by atoms with E-state index in [-0.39, 0.29) is 11.5 Å². The van der Waals surface area contributed by atoms with Crippen LogP contribution in [0.3, 0.4) is 0 Å². The largest absolute Gasteiger partial charge is 0.336 e. The lowest BCUT2D eigenvalue weighted by Gasteiger charge is -2.27. The minimum atomic E-state index is -0.0917. The van der Waals surface area contributed by atoms with Crippen molar-refractivity contribution in [3.05, 3.63) is 63.3 Å². The van der Waals surface area contributed by atoms with Gasteiger partial charge in [0, 0.05) is 12.1 Å². The van der Waals surface area contributed by atoms with E-state index in [1.165, 1.54) is 6.33 Å². The minimum absolute atomic E-state index is 0.0806. The van der Waals surface area contributed by atoms with Crippen LogP contribution in [0.25, 0.3) is 0 Å². The highest BCUT2D eigenvalue weighted by Gasteiger charge is 2.23. The van der Waals surface area contributed by atoms with Crippen molar-refractivity contribution in [2.75, 3.05) is 6.54 Å². The number of carbonyl (C=O) groups excluding carboxylic acids is 1. The lowest BCUT2D eigenvalue weighted by molar-refractivity contribution is -0.131. The molecule has 5 nitrogen and oxygen atoms in total. The Balaban J connectivity index is 1.76. The summed E-state index contributed by atoms with van der Waals surface area (Å²) in [4.78, 5) is 32.7. The monoisotopic (exact) mass is 283 g/mol. The first-order valence-corrected chi connectivity index (χ1v) is 7.03. The van der Waals surface area contributed by atoms with Crippen LogP contribution in [0.4, 0.5) is 0 Å². The summed E-state index contributed by atoms with van der Waals surface area (Å²) in [6.45, 7) is 3.01. The Hall–Kier alpha value is -2.43. The summed E-state index contributed by atoms with van der Waals surface area (Å²) < 4.78 is 0. The maximum atomic E-state index is 12.4. The topological polar surface area (TPSA) is 66.1 Å². The van der Waals surface area contributed by atoms with Gasteiger partial charge < -0.3 is 9.88 Å². The van der Waals surface area contributed by atoms with E-state index in [9.17, 15) is 9.59 Å². The van der Waals surface area contributed by atoms with Crippen LogP contribution in [0.2, 0.25) is 0 Å². The van der Waals surface area contributed by atoms with E-state index in [2.05, 4.69) is 9.97 Å². The number of benzene rings is 1. The average Bonchev–Trinajstić information content (AvgIpc) is 2.49. The molecule has 0 saturated heterocycles. The Morgan fingerprint density at radius 2 is 2.19 bits per heavy atom. The van der Waals surface area contributed by atoms with Crippen LogP contribution in [0.15, 0.2) is 35.4 Å². The molecular weight excluding hydrogens is 266 g/mol. The van der Waals surface area contributed by atoms with Crippen LogP contribution in [0.1, 0.15) is 22.4 Å². The highest BCUT2D eigenvalue weighted by atomic mass is 16.2. The normalized spacial score (nSPS) is 13.9. The molecule has 0 unspecified atom stereocenters. The quantitative estimate of drug-likeness (QED) is 0.900. The SMILES string of the molecule is Cc1ccccc1CC(=O)N1CCc2c(nc[nH]c2=O)C1. The molecule has 2 heterocycles. The van der Waals surface area contributed by atoms with Gasteiger partial charge in [-0.2, -0.15) is 0 Å². The molecule has 108 valence electrons. The van der Waals surface area contributed by atoms with Crippen molar-refractivity contribution in [1.29, 1.82) is 0 Å². The van der Waals surface area contributed by atoms with Crippen LogP contribution in [0.5, 0.6) is 0 Å². The van der Waals surface area contributed by atoms with Crippen molar-refractivity contribution < 1.29 is 4.79 Å². The second kappa shape index (κ2) is 5.52. The number of carbonyl (C=O) groups is 1. The van der Waals surface area contributed by atoms with Crippen molar-refractivity contribution in [3.8, 4) is 0 Å². The van der Waals surface area contributed by atoms with Gasteiger partial charge in [-0.15, -0.1) is 0 Å². The summed E-state index contributed by atoms with van der Waals surface area (Å²) in [6, 6.07) is 7.90. The van der Waals surface area contributed by atoms with Gasteiger partial charge in [-0.1, -0.05) is 24.3 Å². The zero-order chi connectivity index (χ0) is 14.8. The zero-order valence-electron chi connectivity index (χ0n) is 11.9. The molecule has 0 atom stereocenters. The average molecular weight is 283 g/mol. The molecule has 1 amide bonds. The molecule has 1 aliphatic heterocycles. The molecule has 0 aliphatic carbocycles. The molecule has 1 aromatic carbocycles. The van der Waals surface area contributed by atoms with Crippen LogP contribution in [-0.2, 0) is 24.2 Å². The summed E-state index contributed by atoms with van der Waals surface area (Å²) in [5, 5.41) is 0. The number of hydrogen-bond acceptors (Lipinski definition) is 3. The standard InChI is InChI=1S/C16H17N3O2/c1-11-4-2-3-5-12(11)8-15(20)19-7-6-13-14(9-19)17-10-18-16(13)21/h2-5,10H,6-9H2,1H3,(H,17,18,21). The number of aromatic nitrogens is 2. The first kappa shape index (κ1) is 13.5. The molecule has 0 saturated carbocycles. The number of amides is 1. The molecule has 0 spiro atoms. The van der Waals surface area contributed by atoms with Crippen molar-refractivity contribution in [3.63, 3.8) is 0 Å². The van der Waals surface area contributed by atoms with Gasteiger partial charge in [-0.05, 0) is 24.5 Å². The number of aromatic amines is 1. The predicted octanol–water partition coefficient (Wildman–Crippen LogP) is 1.21. The van der Waals surface area contributed by atoms with Gasteiger partial charge in [-0.25, -0.2) is 4.98 Å².